The van der Waals surface area contributed by atoms with Crippen LogP contribution >= 0.6 is 0 Å². The molecule has 1 nitrogen and oxygen atoms in total. The largest absolute Gasteiger partial charge is 0.316 e. The zero-order valence-electron chi connectivity index (χ0n) is 8.52. The van der Waals surface area contributed by atoms with Crippen molar-refractivity contribution in [3.05, 3.63) is 35.1 Å². The highest BCUT2D eigenvalue weighted by Crippen LogP contribution is 2.15. The first-order chi connectivity index (χ1) is 6.75. The zero-order valence-corrected chi connectivity index (χ0v) is 8.52. The second-order valence-corrected chi connectivity index (χ2v) is 4.15. The number of aryl methyl sites for hydroxylation is 2. The van der Waals surface area contributed by atoms with Crippen molar-refractivity contribution in [2.24, 2.45) is 5.92 Å². The summed E-state index contributed by atoms with van der Waals surface area (Å²) >= 11 is 0. The highest BCUT2D eigenvalue weighted by atomic mass is 19.1. The van der Waals surface area contributed by atoms with E-state index in [4.69, 9.17) is 0 Å². The molecular formula is C12H16FN. The maximum Gasteiger partial charge on any atom is 0.126 e. The minimum absolute atomic E-state index is 0.0748. The molecule has 0 aliphatic carbocycles. The molecule has 1 aliphatic rings. The van der Waals surface area contributed by atoms with Crippen LogP contribution in [0.25, 0.3) is 0 Å². The van der Waals surface area contributed by atoms with Gasteiger partial charge in [-0.3, -0.25) is 0 Å². The highest BCUT2D eigenvalue weighted by Gasteiger charge is 2.15. The predicted molar refractivity (Wildman–Crippen MR) is 55.8 cm³/mol. The summed E-state index contributed by atoms with van der Waals surface area (Å²) in [4.78, 5) is 0. The van der Waals surface area contributed by atoms with Gasteiger partial charge >= 0.3 is 0 Å². The first kappa shape index (κ1) is 9.66. The molecule has 2 rings (SSSR count). The first-order valence-electron chi connectivity index (χ1n) is 5.21. The summed E-state index contributed by atoms with van der Waals surface area (Å²) in [6.45, 7) is 4.07. The summed E-state index contributed by atoms with van der Waals surface area (Å²) in [5, 5.41) is 3.24. The van der Waals surface area contributed by atoms with Crippen molar-refractivity contribution in [3.63, 3.8) is 0 Å². The van der Waals surface area contributed by atoms with E-state index in [2.05, 4.69) is 5.32 Å². The summed E-state index contributed by atoms with van der Waals surface area (Å²) in [5.41, 5.74) is 1.86. The van der Waals surface area contributed by atoms with Crippen LogP contribution in [-0.2, 0) is 6.42 Å². The van der Waals surface area contributed by atoms with Gasteiger partial charge in [-0.05, 0) is 56.0 Å². The summed E-state index contributed by atoms with van der Waals surface area (Å²) in [5.74, 6) is 0.730. The summed E-state index contributed by atoms with van der Waals surface area (Å²) in [6, 6.07) is 5.57. The van der Waals surface area contributed by atoms with Crippen LogP contribution in [0.2, 0.25) is 0 Å². The molecule has 2 heteroatoms. The number of benzene rings is 1. The smallest absolute Gasteiger partial charge is 0.126 e. The van der Waals surface area contributed by atoms with Crippen molar-refractivity contribution in [2.45, 2.75) is 19.8 Å². The van der Waals surface area contributed by atoms with Gasteiger partial charge in [-0.15, -0.1) is 0 Å². The van der Waals surface area contributed by atoms with Crippen molar-refractivity contribution in [1.82, 2.24) is 5.32 Å². The Morgan fingerprint density at radius 2 is 2.21 bits per heavy atom. The summed E-state index contributed by atoms with van der Waals surface area (Å²) in [6.07, 6.45) is 2.18. The van der Waals surface area contributed by atoms with E-state index in [9.17, 15) is 4.39 Å². The van der Waals surface area contributed by atoms with Gasteiger partial charge in [0.2, 0.25) is 0 Å². The Bertz CT molecular complexity index is 318. The van der Waals surface area contributed by atoms with Crippen molar-refractivity contribution < 1.29 is 4.39 Å². The monoisotopic (exact) mass is 193 g/mol. The molecule has 1 aliphatic heterocycles. The fraction of sp³-hybridized carbons (Fsp3) is 0.500. The molecule has 0 spiro atoms. The van der Waals surface area contributed by atoms with Crippen molar-refractivity contribution in [2.75, 3.05) is 13.1 Å². The first-order valence-corrected chi connectivity index (χ1v) is 5.21. The Balaban J connectivity index is 1.91. The van der Waals surface area contributed by atoms with Gasteiger partial charge in [0.05, 0.1) is 0 Å². The molecule has 1 saturated heterocycles. The molecule has 1 aromatic carbocycles. The topological polar surface area (TPSA) is 12.0 Å². The van der Waals surface area contributed by atoms with E-state index in [-0.39, 0.29) is 5.82 Å². The fourth-order valence-electron chi connectivity index (χ4n) is 1.72. The maximum absolute atomic E-state index is 13.2. The Morgan fingerprint density at radius 1 is 1.43 bits per heavy atom. The van der Waals surface area contributed by atoms with Gasteiger partial charge in [0.1, 0.15) is 5.82 Å². The molecule has 1 fully saturated rings. The van der Waals surface area contributed by atoms with Crippen molar-refractivity contribution >= 4 is 0 Å². The number of halogens is 1. The molecule has 0 atom stereocenters. The van der Waals surface area contributed by atoms with Crippen LogP contribution in [0.15, 0.2) is 18.2 Å². The minimum atomic E-state index is -0.0748. The fourth-order valence-corrected chi connectivity index (χ4v) is 1.72. The lowest BCUT2D eigenvalue weighted by Crippen LogP contribution is -2.42. The molecule has 1 N–H and O–H groups in total. The van der Waals surface area contributed by atoms with Gasteiger partial charge in [-0.1, -0.05) is 12.1 Å². The van der Waals surface area contributed by atoms with E-state index in [0.29, 0.717) is 0 Å². The molecule has 0 radical (unpaired) electrons. The summed E-state index contributed by atoms with van der Waals surface area (Å²) < 4.78 is 13.2. The maximum atomic E-state index is 13.2. The zero-order chi connectivity index (χ0) is 9.97. The van der Waals surface area contributed by atoms with E-state index in [1.807, 2.05) is 12.1 Å². The molecule has 76 valence electrons. The van der Waals surface area contributed by atoms with Crippen LogP contribution in [-0.4, -0.2) is 13.1 Å². The third-order valence-corrected chi connectivity index (χ3v) is 2.94. The molecule has 0 bridgehead atoms. The summed E-state index contributed by atoms with van der Waals surface area (Å²) in [7, 11) is 0. The van der Waals surface area contributed by atoms with E-state index in [1.54, 1.807) is 13.0 Å². The molecule has 0 amide bonds. The lowest BCUT2D eigenvalue weighted by Gasteiger charge is -2.26. The Morgan fingerprint density at radius 3 is 2.79 bits per heavy atom. The average Bonchev–Trinajstić information content (AvgIpc) is 2.08. The number of hydrogen-bond acceptors (Lipinski definition) is 1. The van der Waals surface area contributed by atoms with Crippen LogP contribution in [0.4, 0.5) is 4.39 Å². The van der Waals surface area contributed by atoms with E-state index < -0.39 is 0 Å². The lowest BCUT2D eigenvalue weighted by molar-refractivity contribution is 0.327. The van der Waals surface area contributed by atoms with Gasteiger partial charge in [0, 0.05) is 0 Å². The van der Waals surface area contributed by atoms with Gasteiger partial charge < -0.3 is 5.32 Å². The lowest BCUT2D eigenvalue weighted by atomic mass is 9.94. The van der Waals surface area contributed by atoms with Crippen LogP contribution in [0.5, 0.6) is 0 Å². The van der Waals surface area contributed by atoms with Crippen LogP contribution in [0, 0.1) is 18.7 Å². The molecule has 1 heterocycles. The SMILES string of the molecule is Cc1ccc(CCC2CNC2)cc1F. The molecule has 1 aromatic rings. The minimum Gasteiger partial charge on any atom is -0.316 e. The predicted octanol–water partition coefficient (Wildman–Crippen LogP) is 2.29. The second-order valence-electron chi connectivity index (χ2n) is 4.15. The van der Waals surface area contributed by atoms with E-state index >= 15 is 0 Å². The quantitative estimate of drug-likeness (QED) is 0.776. The normalized spacial score (nSPS) is 16.7. The van der Waals surface area contributed by atoms with Crippen molar-refractivity contribution in [1.29, 1.82) is 0 Å². The molecule has 14 heavy (non-hydrogen) atoms. The van der Waals surface area contributed by atoms with Crippen LogP contribution < -0.4 is 5.32 Å². The number of hydrogen-bond donors (Lipinski definition) is 1. The molecule has 0 saturated carbocycles. The number of rotatable bonds is 3. The van der Waals surface area contributed by atoms with Crippen LogP contribution in [0.1, 0.15) is 17.5 Å². The molecule has 0 aromatic heterocycles. The van der Waals surface area contributed by atoms with Gasteiger partial charge in [-0.25, -0.2) is 4.39 Å². The van der Waals surface area contributed by atoms with Crippen LogP contribution in [0.3, 0.4) is 0 Å². The van der Waals surface area contributed by atoms with Crippen molar-refractivity contribution in [3.8, 4) is 0 Å². The van der Waals surface area contributed by atoms with E-state index in [1.165, 1.54) is 6.42 Å². The third kappa shape index (κ3) is 2.13. The van der Waals surface area contributed by atoms with Gasteiger partial charge in [0.25, 0.3) is 0 Å². The van der Waals surface area contributed by atoms with Gasteiger partial charge in [-0.2, -0.15) is 0 Å². The number of nitrogens with one attached hydrogen (secondary N) is 1. The van der Waals surface area contributed by atoms with E-state index in [0.717, 1.165) is 36.6 Å². The highest BCUT2D eigenvalue weighted by molar-refractivity contribution is 5.23. The molecular weight excluding hydrogens is 177 g/mol. The second kappa shape index (κ2) is 4.09. The Hall–Kier alpha value is -0.890. The van der Waals surface area contributed by atoms with Gasteiger partial charge in [0.15, 0.2) is 0 Å². The Kier molecular flexibility index (Phi) is 2.82. The average molecular weight is 193 g/mol. The Labute approximate surface area is 84.3 Å². The molecule has 0 unspecified atom stereocenters. The third-order valence-electron chi connectivity index (χ3n) is 2.94. The standard InChI is InChI=1S/C12H16FN/c1-9-2-3-10(6-12(9)13)4-5-11-7-14-8-11/h2-3,6,11,14H,4-5,7-8H2,1H3.